The Hall–Kier alpha value is -2.17. The highest BCUT2D eigenvalue weighted by molar-refractivity contribution is 5.38. The van der Waals surface area contributed by atoms with Crippen LogP contribution in [-0.2, 0) is 6.54 Å². The van der Waals surface area contributed by atoms with Crippen LogP contribution >= 0.6 is 0 Å². The van der Waals surface area contributed by atoms with Crippen molar-refractivity contribution in [3.63, 3.8) is 0 Å². The van der Waals surface area contributed by atoms with E-state index in [0.29, 0.717) is 13.2 Å². The molecule has 5 heteroatoms. The van der Waals surface area contributed by atoms with Gasteiger partial charge in [-0.2, -0.15) is 0 Å². The zero-order valence-corrected chi connectivity index (χ0v) is 10.5. The second kappa shape index (κ2) is 6.13. The molecule has 0 atom stereocenters. The number of nitrogens with zero attached hydrogens (tertiary/aromatic N) is 1. The Bertz CT molecular complexity index is 561. The molecule has 1 heterocycles. The molecular formula is C14H14F2N2O. The van der Waals surface area contributed by atoms with Crippen LogP contribution in [-0.4, -0.2) is 11.6 Å². The molecule has 0 fully saturated rings. The lowest BCUT2D eigenvalue weighted by atomic mass is 10.2. The summed E-state index contributed by atoms with van der Waals surface area (Å²) in [5, 5.41) is 2.82. The predicted octanol–water partition coefficient (Wildman–Crippen LogP) is 3.37. The average molecular weight is 264 g/mol. The summed E-state index contributed by atoms with van der Waals surface area (Å²) in [6.45, 7) is 2.88. The van der Waals surface area contributed by atoms with Gasteiger partial charge in [0.05, 0.1) is 12.8 Å². The van der Waals surface area contributed by atoms with Crippen molar-refractivity contribution in [2.45, 2.75) is 13.5 Å². The molecule has 0 amide bonds. The molecule has 0 aliphatic heterocycles. The Morgan fingerprint density at radius 2 is 2.11 bits per heavy atom. The van der Waals surface area contributed by atoms with Crippen molar-refractivity contribution >= 4 is 5.82 Å². The van der Waals surface area contributed by atoms with Gasteiger partial charge in [-0.15, -0.1) is 0 Å². The summed E-state index contributed by atoms with van der Waals surface area (Å²) in [5.74, 6) is -0.611. The highest BCUT2D eigenvalue weighted by Crippen LogP contribution is 2.16. The van der Waals surface area contributed by atoms with E-state index in [1.54, 1.807) is 0 Å². The number of aromatic nitrogens is 1. The third kappa shape index (κ3) is 3.64. The first kappa shape index (κ1) is 13.3. The first-order valence-corrected chi connectivity index (χ1v) is 5.95. The summed E-state index contributed by atoms with van der Waals surface area (Å²) in [4.78, 5) is 3.66. The summed E-state index contributed by atoms with van der Waals surface area (Å²) in [6.07, 6.45) is 0.974. The van der Waals surface area contributed by atoms with Crippen molar-refractivity contribution in [1.82, 2.24) is 4.98 Å². The number of nitrogens with one attached hydrogen (secondary N) is 1. The Morgan fingerprint density at radius 1 is 1.26 bits per heavy atom. The van der Waals surface area contributed by atoms with Gasteiger partial charge in [0.1, 0.15) is 11.6 Å². The molecule has 2 rings (SSSR count). The summed E-state index contributed by atoms with van der Waals surface area (Å²) >= 11 is 0. The maximum atomic E-state index is 13.4. The molecule has 0 unspecified atom stereocenters. The molecule has 100 valence electrons. The van der Waals surface area contributed by atoms with E-state index in [-0.39, 0.29) is 5.82 Å². The normalized spacial score (nSPS) is 10.3. The third-order valence-corrected chi connectivity index (χ3v) is 2.48. The van der Waals surface area contributed by atoms with Crippen molar-refractivity contribution in [2.24, 2.45) is 0 Å². The highest BCUT2D eigenvalue weighted by Gasteiger charge is 2.05. The molecule has 3 nitrogen and oxygen atoms in total. The lowest BCUT2D eigenvalue weighted by Crippen LogP contribution is -2.04. The molecule has 1 N–H and O–H groups in total. The van der Waals surface area contributed by atoms with E-state index in [4.69, 9.17) is 4.74 Å². The van der Waals surface area contributed by atoms with Crippen LogP contribution in [0.3, 0.4) is 0 Å². The molecule has 1 aromatic heterocycles. The molecule has 19 heavy (non-hydrogen) atoms. The van der Waals surface area contributed by atoms with E-state index in [9.17, 15) is 8.78 Å². The fourth-order valence-corrected chi connectivity index (χ4v) is 1.64. The van der Waals surface area contributed by atoms with Crippen LogP contribution in [0.15, 0.2) is 36.5 Å². The van der Waals surface area contributed by atoms with Gasteiger partial charge in [-0.05, 0) is 24.6 Å². The summed E-state index contributed by atoms with van der Waals surface area (Å²) in [5.41, 5.74) is 0.927. The number of ether oxygens (including phenoxy) is 1. The fourth-order valence-electron chi connectivity index (χ4n) is 1.64. The standard InChI is InChI=1S/C14H14F2N2O/c1-2-19-12-5-3-4-10(6-12)8-17-14-13(16)7-11(15)9-18-14/h3-7,9H,2,8H2,1H3,(H,17,18). The second-order valence-electron chi connectivity index (χ2n) is 3.92. The quantitative estimate of drug-likeness (QED) is 0.899. The monoisotopic (exact) mass is 264 g/mol. The molecule has 0 saturated carbocycles. The number of rotatable bonds is 5. The Kier molecular flexibility index (Phi) is 4.28. The van der Waals surface area contributed by atoms with Crippen LogP contribution in [0.4, 0.5) is 14.6 Å². The number of hydrogen-bond acceptors (Lipinski definition) is 3. The van der Waals surface area contributed by atoms with E-state index in [2.05, 4.69) is 10.3 Å². The van der Waals surface area contributed by atoms with E-state index in [1.165, 1.54) is 0 Å². The van der Waals surface area contributed by atoms with E-state index < -0.39 is 11.6 Å². The molecular weight excluding hydrogens is 250 g/mol. The van der Waals surface area contributed by atoms with Gasteiger partial charge in [0.15, 0.2) is 11.6 Å². The van der Waals surface area contributed by atoms with Gasteiger partial charge in [-0.1, -0.05) is 12.1 Å². The van der Waals surface area contributed by atoms with Gasteiger partial charge in [-0.25, -0.2) is 13.8 Å². The maximum Gasteiger partial charge on any atom is 0.168 e. The molecule has 0 spiro atoms. The zero-order valence-electron chi connectivity index (χ0n) is 10.5. The highest BCUT2D eigenvalue weighted by atomic mass is 19.1. The van der Waals surface area contributed by atoms with Crippen LogP contribution in [0.1, 0.15) is 12.5 Å². The third-order valence-electron chi connectivity index (χ3n) is 2.48. The number of halogens is 2. The largest absolute Gasteiger partial charge is 0.494 e. The smallest absolute Gasteiger partial charge is 0.168 e. The van der Waals surface area contributed by atoms with Gasteiger partial charge in [0.2, 0.25) is 0 Å². The summed E-state index contributed by atoms with van der Waals surface area (Å²) in [6, 6.07) is 8.25. The molecule has 0 radical (unpaired) electrons. The Balaban J connectivity index is 2.03. The first-order valence-electron chi connectivity index (χ1n) is 5.95. The minimum absolute atomic E-state index is 0.0308. The SMILES string of the molecule is CCOc1cccc(CNc2ncc(F)cc2F)c1. The van der Waals surface area contributed by atoms with Crippen molar-refractivity contribution < 1.29 is 13.5 Å². The summed E-state index contributed by atoms with van der Waals surface area (Å²) < 4.78 is 31.4. The maximum absolute atomic E-state index is 13.4. The molecule has 0 bridgehead atoms. The minimum Gasteiger partial charge on any atom is -0.494 e. The number of hydrogen-bond donors (Lipinski definition) is 1. The van der Waals surface area contributed by atoms with E-state index in [0.717, 1.165) is 23.6 Å². The lowest BCUT2D eigenvalue weighted by molar-refractivity contribution is 0.340. The van der Waals surface area contributed by atoms with Gasteiger partial charge < -0.3 is 10.1 Å². The molecule has 0 saturated heterocycles. The van der Waals surface area contributed by atoms with Crippen molar-refractivity contribution in [2.75, 3.05) is 11.9 Å². The topological polar surface area (TPSA) is 34.1 Å². The minimum atomic E-state index is -0.707. The average Bonchev–Trinajstić information content (AvgIpc) is 2.38. The number of pyridine rings is 1. The van der Waals surface area contributed by atoms with Gasteiger partial charge in [0.25, 0.3) is 0 Å². The van der Waals surface area contributed by atoms with Crippen LogP contribution in [0.5, 0.6) is 5.75 Å². The molecule has 0 aliphatic rings. The fraction of sp³-hybridized carbons (Fsp3) is 0.214. The Morgan fingerprint density at radius 3 is 2.84 bits per heavy atom. The van der Waals surface area contributed by atoms with E-state index in [1.807, 2.05) is 31.2 Å². The number of anilines is 1. The second-order valence-corrected chi connectivity index (χ2v) is 3.92. The van der Waals surface area contributed by atoms with Gasteiger partial charge >= 0.3 is 0 Å². The van der Waals surface area contributed by atoms with Gasteiger partial charge in [-0.3, -0.25) is 0 Å². The van der Waals surface area contributed by atoms with E-state index >= 15 is 0 Å². The molecule has 0 aliphatic carbocycles. The van der Waals surface area contributed by atoms with Crippen LogP contribution in [0.2, 0.25) is 0 Å². The molecule has 2 aromatic rings. The van der Waals surface area contributed by atoms with Gasteiger partial charge in [0, 0.05) is 12.6 Å². The zero-order chi connectivity index (χ0) is 13.7. The lowest BCUT2D eigenvalue weighted by Gasteiger charge is -2.08. The summed E-state index contributed by atoms with van der Waals surface area (Å²) in [7, 11) is 0. The predicted molar refractivity (Wildman–Crippen MR) is 69.1 cm³/mol. The van der Waals surface area contributed by atoms with Crippen LogP contribution in [0.25, 0.3) is 0 Å². The Labute approximate surface area is 110 Å². The van der Waals surface area contributed by atoms with Crippen LogP contribution < -0.4 is 10.1 Å². The van der Waals surface area contributed by atoms with Crippen molar-refractivity contribution in [3.05, 3.63) is 53.7 Å². The van der Waals surface area contributed by atoms with Crippen LogP contribution in [0, 0.1) is 11.6 Å². The number of benzene rings is 1. The first-order chi connectivity index (χ1) is 9.19. The molecule has 1 aromatic carbocycles. The van der Waals surface area contributed by atoms with Crippen molar-refractivity contribution in [1.29, 1.82) is 0 Å². The van der Waals surface area contributed by atoms with Crippen molar-refractivity contribution in [3.8, 4) is 5.75 Å².